The van der Waals surface area contributed by atoms with Crippen LogP contribution in [0.1, 0.15) is 22.2 Å². The summed E-state index contributed by atoms with van der Waals surface area (Å²) in [5, 5.41) is 10.5. The molecule has 2 N–H and O–H groups in total. The minimum atomic E-state index is -0.629. The fourth-order valence-corrected chi connectivity index (χ4v) is 3.18. The van der Waals surface area contributed by atoms with Crippen molar-refractivity contribution in [1.82, 2.24) is 20.4 Å². The van der Waals surface area contributed by atoms with Crippen LogP contribution in [-0.4, -0.2) is 29.3 Å². The van der Waals surface area contributed by atoms with Crippen molar-refractivity contribution < 1.29 is 18.3 Å². The second-order valence-corrected chi connectivity index (χ2v) is 6.47. The molecule has 0 radical (unpaired) electrons. The van der Waals surface area contributed by atoms with Crippen molar-refractivity contribution in [3.05, 3.63) is 71.4 Å². The molecule has 6 nitrogen and oxygen atoms in total. The van der Waals surface area contributed by atoms with Gasteiger partial charge in [-0.2, -0.15) is 5.10 Å². The van der Waals surface area contributed by atoms with Gasteiger partial charge in [0.15, 0.2) is 0 Å². The third-order valence-electron chi connectivity index (χ3n) is 4.57. The molecule has 0 saturated heterocycles. The van der Waals surface area contributed by atoms with Crippen LogP contribution in [0.5, 0.6) is 5.75 Å². The zero-order valence-corrected chi connectivity index (χ0v) is 15.1. The van der Waals surface area contributed by atoms with E-state index in [9.17, 15) is 13.6 Å². The van der Waals surface area contributed by atoms with E-state index in [1.54, 1.807) is 17.9 Å². The highest BCUT2D eigenvalue weighted by molar-refractivity contribution is 5.94. The SMILES string of the molecule is COc1ccc(-c2cc3n(n2)[C@@H](NCc2cc(F)cc(F)c2)CNC3=O)cc1. The largest absolute Gasteiger partial charge is 0.497 e. The quantitative estimate of drug-likeness (QED) is 0.710. The van der Waals surface area contributed by atoms with Gasteiger partial charge in [-0.05, 0) is 48.0 Å². The van der Waals surface area contributed by atoms with Gasteiger partial charge < -0.3 is 10.1 Å². The first-order valence-corrected chi connectivity index (χ1v) is 8.74. The van der Waals surface area contributed by atoms with Crippen molar-refractivity contribution in [2.45, 2.75) is 12.7 Å². The number of rotatable bonds is 5. The number of hydrogen-bond donors (Lipinski definition) is 2. The lowest BCUT2D eigenvalue weighted by Crippen LogP contribution is -2.45. The molecule has 4 rings (SSSR count). The topological polar surface area (TPSA) is 68.2 Å². The number of hydrogen-bond acceptors (Lipinski definition) is 4. The van der Waals surface area contributed by atoms with Gasteiger partial charge in [-0.15, -0.1) is 0 Å². The van der Waals surface area contributed by atoms with Crippen LogP contribution in [-0.2, 0) is 6.54 Å². The molecular formula is C20H18F2N4O2. The number of carbonyl (C=O) groups excluding carboxylic acids is 1. The Morgan fingerprint density at radius 2 is 1.89 bits per heavy atom. The van der Waals surface area contributed by atoms with Crippen LogP contribution >= 0.6 is 0 Å². The van der Waals surface area contributed by atoms with Gasteiger partial charge in [0.2, 0.25) is 0 Å². The van der Waals surface area contributed by atoms with Gasteiger partial charge >= 0.3 is 0 Å². The number of halogens is 2. The molecule has 144 valence electrons. The third-order valence-corrected chi connectivity index (χ3v) is 4.57. The lowest BCUT2D eigenvalue weighted by molar-refractivity contribution is 0.0900. The summed E-state index contributed by atoms with van der Waals surface area (Å²) in [6.07, 6.45) is -0.342. The molecule has 0 aliphatic carbocycles. The van der Waals surface area contributed by atoms with E-state index in [2.05, 4.69) is 15.7 Å². The highest BCUT2D eigenvalue weighted by Crippen LogP contribution is 2.25. The van der Waals surface area contributed by atoms with Gasteiger partial charge in [0.1, 0.15) is 29.2 Å². The monoisotopic (exact) mass is 384 g/mol. The maximum absolute atomic E-state index is 13.4. The molecular weight excluding hydrogens is 366 g/mol. The lowest BCUT2D eigenvalue weighted by Gasteiger charge is -2.25. The molecule has 0 unspecified atom stereocenters. The maximum Gasteiger partial charge on any atom is 0.269 e. The molecule has 1 aromatic heterocycles. The number of aromatic nitrogens is 2. The summed E-state index contributed by atoms with van der Waals surface area (Å²) in [6, 6.07) is 12.5. The molecule has 2 aromatic carbocycles. The summed E-state index contributed by atoms with van der Waals surface area (Å²) in [5.41, 5.74) is 2.39. The normalized spacial score (nSPS) is 15.8. The first-order chi connectivity index (χ1) is 13.5. The van der Waals surface area contributed by atoms with E-state index >= 15 is 0 Å². The maximum atomic E-state index is 13.4. The Hall–Kier alpha value is -3.26. The van der Waals surface area contributed by atoms with Crippen LogP contribution < -0.4 is 15.4 Å². The zero-order chi connectivity index (χ0) is 19.7. The predicted octanol–water partition coefficient (Wildman–Crippen LogP) is 2.87. The molecule has 0 fully saturated rings. The first kappa shape index (κ1) is 18.1. The number of carbonyl (C=O) groups is 1. The summed E-state index contributed by atoms with van der Waals surface area (Å²) in [6.45, 7) is 0.541. The van der Waals surface area contributed by atoms with Crippen molar-refractivity contribution in [3.8, 4) is 17.0 Å². The van der Waals surface area contributed by atoms with Gasteiger partial charge in [0.25, 0.3) is 5.91 Å². The third kappa shape index (κ3) is 3.59. The average molecular weight is 384 g/mol. The predicted molar refractivity (Wildman–Crippen MR) is 98.8 cm³/mol. The van der Waals surface area contributed by atoms with Crippen LogP contribution in [0, 0.1) is 11.6 Å². The first-order valence-electron chi connectivity index (χ1n) is 8.74. The van der Waals surface area contributed by atoms with Crippen molar-refractivity contribution >= 4 is 5.91 Å². The number of benzene rings is 2. The Labute approximate surface area is 160 Å². The molecule has 1 aliphatic rings. The minimum Gasteiger partial charge on any atom is -0.497 e. The number of nitrogens with one attached hydrogen (secondary N) is 2. The van der Waals surface area contributed by atoms with Crippen molar-refractivity contribution in [2.75, 3.05) is 13.7 Å². The second kappa shape index (κ2) is 7.40. The molecule has 8 heteroatoms. The second-order valence-electron chi connectivity index (χ2n) is 6.47. The van der Waals surface area contributed by atoms with E-state index in [1.807, 2.05) is 24.3 Å². The Morgan fingerprint density at radius 3 is 2.57 bits per heavy atom. The number of amides is 1. The van der Waals surface area contributed by atoms with Crippen molar-refractivity contribution in [1.29, 1.82) is 0 Å². The fourth-order valence-electron chi connectivity index (χ4n) is 3.18. The molecule has 2 heterocycles. The van der Waals surface area contributed by atoms with Gasteiger partial charge in [-0.25, -0.2) is 13.5 Å². The standard InChI is InChI=1S/C20H18F2N4O2/c1-28-16-4-2-13(3-5-16)17-9-18-20(27)24-11-19(26(18)25-17)23-10-12-6-14(21)8-15(22)7-12/h2-9,19,23H,10-11H2,1H3,(H,24,27)/t19-/m1/s1. The number of methoxy groups -OCH3 is 1. The molecule has 1 atom stereocenters. The van der Waals surface area contributed by atoms with Gasteiger partial charge in [-0.1, -0.05) is 0 Å². The van der Waals surface area contributed by atoms with Gasteiger partial charge in [0.05, 0.1) is 19.3 Å². The number of ether oxygens (including phenoxy) is 1. The Kier molecular flexibility index (Phi) is 4.79. The molecule has 0 spiro atoms. The molecule has 28 heavy (non-hydrogen) atoms. The summed E-state index contributed by atoms with van der Waals surface area (Å²) in [4.78, 5) is 12.2. The van der Waals surface area contributed by atoms with Crippen LogP contribution in [0.25, 0.3) is 11.3 Å². The molecule has 0 bridgehead atoms. The smallest absolute Gasteiger partial charge is 0.269 e. The lowest BCUT2D eigenvalue weighted by atomic mass is 10.1. The van der Waals surface area contributed by atoms with E-state index < -0.39 is 11.6 Å². The van der Waals surface area contributed by atoms with Crippen molar-refractivity contribution in [2.24, 2.45) is 0 Å². The highest BCUT2D eigenvalue weighted by atomic mass is 19.1. The Bertz CT molecular complexity index is 997. The molecule has 0 saturated carbocycles. The van der Waals surface area contributed by atoms with E-state index in [1.165, 1.54) is 12.1 Å². The minimum absolute atomic E-state index is 0.220. The number of nitrogens with zero attached hydrogens (tertiary/aromatic N) is 2. The Morgan fingerprint density at radius 1 is 1.18 bits per heavy atom. The summed E-state index contributed by atoms with van der Waals surface area (Å²) in [7, 11) is 1.59. The van der Waals surface area contributed by atoms with E-state index in [4.69, 9.17) is 4.74 Å². The van der Waals surface area contributed by atoms with E-state index in [-0.39, 0.29) is 18.6 Å². The summed E-state index contributed by atoms with van der Waals surface area (Å²) in [5.74, 6) is -0.750. The summed E-state index contributed by atoms with van der Waals surface area (Å²) < 4.78 is 33.5. The van der Waals surface area contributed by atoms with Crippen molar-refractivity contribution in [3.63, 3.8) is 0 Å². The summed E-state index contributed by atoms with van der Waals surface area (Å²) >= 11 is 0. The van der Waals surface area contributed by atoms with Gasteiger partial charge in [-0.3, -0.25) is 10.1 Å². The Balaban J connectivity index is 1.57. The van der Waals surface area contributed by atoms with Crippen LogP contribution in [0.4, 0.5) is 8.78 Å². The molecule has 1 amide bonds. The van der Waals surface area contributed by atoms with Crippen LogP contribution in [0.3, 0.4) is 0 Å². The molecule has 1 aliphatic heterocycles. The number of fused-ring (bicyclic) bond motifs is 1. The van der Waals surface area contributed by atoms with E-state index in [0.717, 1.165) is 17.4 Å². The highest BCUT2D eigenvalue weighted by Gasteiger charge is 2.27. The van der Waals surface area contributed by atoms with Gasteiger partial charge in [0, 0.05) is 18.2 Å². The van der Waals surface area contributed by atoms with Crippen LogP contribution in [0.2, 0.25) is 0 Å². The average Bonchev–Trinajstić information content (AvgIpc) is 3.13. The van der Waals surface area contributed by atoms with E-state index in [0.29, 0.717) is 23.5 Å². The molecule has 3 aromatic rings. The fraction of sp³-hybridized carbons (Fsp3) is 0.200. The zero-order valence-electron chi connectivity index (χ0n) is 15.1. The van der Waals surface area contributed by atoms with Crippen LogP contribution in [0.15, 0.2) is 48.5 Å².